The molecule has 2 aromatic carbocycles. The molecule has 0 aliphatic carbocycles. The molecule has 1 aromatic heterocycles. The van der Waals surface area contributed by atoms with Crippen LogP contribution in [0.4, 0.5) is 0 Å². The fourth-order valence-electron chi connectivity index (χ4n) is 3.49. The van der Waals surface area contributed by atoms with Gasteiger partial charge in [0.1, 0.15) is 5.75 Å². The van der Waals surface area contributed by atoms with E-state index in [1.54, 1.807) is 7.11 Å². The van der Waals surface area contributed by atoms with E-state index < -0.39 is 0 Å². The summed E-state index contributed by atoms with van der Waals surface area (Å²) >= 11 is 0. The highest BCUT2D eigenvalue weighted by molar-refractivity contribution is 5.73. The Morgan fingerprint density at radius 3 is 2.58 bits per heavy atom. The van der Waals surface area contributed by atoms with Gasteiger partial charge in [-0.05, 0) is 31.2 Å². The van der Waals surface area contributed by atoms with Gasteiger partial charge in [0.05, 0.1) is 24.7 Å². The van der Waals surface area contributed by atoms with Crippen LogP contribution in [0.1, 0.15) is 18.0 Å². The van der Waals surface area contributed by atoms with E-state index in [-0.39, 0.29) is 0 Å². The SMILES string of the molecule is COc1ccccc1-c1cnn(-c2ccccc2)c1C1CCNC1. The van der Waals surface area contributed by atoms with Gasteiger partial charge in [-0.25, -0.2) is 4.68 Å². The van der Waals surface area contributed by atoms with E-state index in [0.29, 0.717) is 5.92 Å². The molecule has 24 heavy (non-hydrogen) atoms. The number of benzene rings is 2. The zero-order chi connectivity index (χ0) is 16.4. The van der Waals surface area contributed by atoms with Crippen LogP contribution < -0.4 is 10.1 Å². The predicted molar refractivity (Wildman–Crippen MR) is 95.8 cm³/mol. The van der Waals surface area contributed by atoms with Crippen LogP contribution >= 0.6 is 0 Å². The van der Waals surface area contributed by atoms with Gasteiger partial charge in [0.15, 0.2) is 0 Å². The van der Waals surface area contributed by atoms with E-state index in [4.69, 9.17) is 9.84 Å². The molecule has 0 amide bonds. The Kier molecular flexibility index (Phi) is 4.05. The molecule has 1 atom stereocenters. The number of ether oxygens (including phenoxy) is 1. The third-order valence-electron chi connectivity index (χ3n) is 4.65. The van der Waals surface area contributed by atoms with Crippen LogP contribution in [0.3, 0.4) is 0 Å². The average Bonchev–Trinajstić information content (AvgIpc) is 3.31. The molecule has 3 aromatic rings. The van der Waals surface area contributed by atoms with Crippen LogP contribution in [0.5, 0.6) is 5.75 Å². The van der Waals surface area contributed by atoms with E-state index >= 15 is 0 Å². The maximum absolute atomic E-state index is 5.58. The van der Waals surface area contributed by atoms with Gasteiger partial charge in [-0.1, -0.05) is 36.4 Å². The minimum Gasteiger partial charge on any atom is -0.496 e. The first-order valence-electron chi connectivity index (χ1n) is 8.36. The highest BCUT2D eigenvalue weighted by Crippen LogP contribution is 2.38. The number of hydrogen-bond acceptors (Lipinski definition) is 3. The molecule has 0 spiro atoms. The van der Waals surface area contributed by atoms with Gasteiger partial charge in [-0.2, -0.15) is 5.10 Å². The largest absolute Gasteiger partial charge is 0.496 e. The smallest absolute Gasteiger partial charge is 0.126 e. The predicted octanol–water partition coefficient (Wildman–Crippen LogP) is 3.62. The van der Waals surface area contributed by atoms with Gasteiger partial charge >= 0.3 is 0 Å². The Morgan fingerprint density at radius 2 is 1.83 bits per heavy atom. The summed E-state index contributed by atoms with van der Waals surface area (Å²) in [6, 6.07) is 18.5. The van der Waals surface area contributed by atoms with E-state index in [2.05, 4.69) is 40.3 Å². The molecule has 0 bridgehead atoms. The number of rotatable bonds is 4. The second-order valence-electron chi connectivity index (χ2n) is 6.08. The summed E-state index contributed by atoms with van der Waals surface area (Å²) in [7, 11) is 1.72. The van der Waals surface area contributed by atoms with Gasteiger partial charge < -0.3 is 10.1 Å². The van der Waals surface area contributed by atoms with Crippen molar-refractivity contribution in [1.29, 1.82) is 0 Å². The maximum atomic E-state index is 5.58. The maximum Gasteiger partial charge on any atom is 0.126 e. The van der Waals surface area contributed by atoms with Crippen molar-refractivity contribution in [1.82, 2.24) is 15.1 Å². The molecule has 122 valence electrons. The molecule has 1 unspecified atom stereocenters. The minimum absolute atomic E-state index is 0.451. The number of nitrogens with zero attached hydrogens (tertiary/aromatic N) is 2. The highest BCUT2D eigenvalue weighted by Gasteiger charge is 2.26. The second kappa shape index (κ2) is 6.49. The first-order chi connectivity index (χ1) is 11.9. The van der Waals surface area contributed by atoms with Crippen molar-refractivity contribution in [2.75, 3.05) is 20.2 Å². The number of para-hydroxylation sites is 2. The highest BCUT2D eigenvalue weighted by atomic mass is 16.5. The summed E-state index contributed by atoms with van der Waals surface area (Å²) in [6.07, 6.45) is 3.10. The summed E-state index contributed by atoms with van der Waals surface area (Å²) in [5.74, 6) is 1.34. The van der Waals surface area contributed by atoms with Crippen molar-refractivity contribution in [3.8, 4) is 22.6 Å². The molecular formula is C20H21N3O. The van der Waals surface area contributed by atoms with Crippen LogP contribution in [0.2, 0.25) is 0 Å². The molecule has 4 nitrogen and oxygen atoms in total. The molecule has 2 heterocycles. The van der Waals surface area contributed by atoms with Crippen molar-refractivity contribution in [3.05, 3.63) is 66.5 Å². The quantitative estimate of drug-likeness (QED) is 0.798. The van der Waals surface area contributed by atoms with Crippen molar-refractivity contribution in [3.63, 3.8) is 0 Å². The Labute approximate surface area is 142 Å². The first kappa shape index (κ1) is 15.0. The third kappa shape index (κ3) is 2.59. The van der Waals surface area contributed by atoms with Gasteiger partial charge in [-0.3, -0.25) is 0 Å². The molecular weight excluding hydrogens is 298 g/mol. The third-order valence-corrected chi connectivity index (χ3v) is 4.65. The average molecular weight is 319 g/mol. The molecule has 1 aliphatic heterocycles. The molecule has 4 heteroatoms. The van der Waals surface area contributed by atoms with E-state index in [1.807, 2.05) is 30.5 Å². The van der Waals surface area contributed by atoms with Gasteiger partial charge in [0.2, 0.25) is 0 Å². The normalized spacial score (nSPS) is 17.1. The summed E-state index contributed by atoms with van der Waals surface area (Å²) in [5.41, 5.74) is 4.62. The fourth-order valence-corrected chi connectivity index (χ4v) is 3.49. The summed E-state index contributed by atoms with van der Waals surface area (Å²) in [5, 5.41) is 8.19. The van der Waals surface area contributed by atoms with E-state index in [1.165, 1.54) is 5.69 Å². The molecule has 1 N–H and O–H groups in total. The number of hydrogen-bond donors (Lipinski definition) is 1. The molecule has 0 saturated carbocycles. The molecule has 1 fully saturated rings. The Morgan fingerprint density at radius 1 is 1.04 bits per heavy atom. The van der Waals surface area contributed by atoms with Crippen molar-refractivity contribution >= 4 is 0 Å². The number of methoxy groups -OCH3 is 1. The number of nitrogens with one attached hydrogen (secondary N) is 1. The lowest BCUT2D eigenvalue weighted by Crippen LogP contribution is -2.12. The second-order valence-corrected chi connectivity index (χ2v) is 6.08. The van der Waals surface area contributed by atoms with Crippen LogP contribution in [0, 0.1) is 0 Å². The molecule has 1 saturated heterocycles. The van der Waals surface area contributed by atoms with Crippen molar-refractivity contribution in [2.24, 2.45) is 0 Å². The minimum atomic E-state index is 0.451. The fraction of sp³-hybridized carbons (Fsp3) is 0.250. The topological polar surface area (TPSA) is 39.1 Å². The lowest BCUT2D eigenvalue weighted by Gasteiger charge is -2.16. The lowest BCUT2D eigenvalue weighted by atomic mass is 9.96. The molecule has 0 radical (unpaired) electrons. The Balaban J connectivity index is 1.90. The number of aromatic nitrogens is 2. The van der Waals surface area contributed by atoms with Gasteiger partial charge in [0.25, 0.3) is 0 Å². The van der Waals surface area contributed by atoms with Crippen molar-refractivity contribution in [2.45, 2.75) is 12.3 Å². The van der Waals surface area contributed by atoms with Crippen LogP contribution in [-0.2, 0) is 0 Å². The van der Waals surface area contributed by atoms with Crippen LogP contribution in [0.15, 0.2) is 60.8 Å². The Hall–Kier alpha value is -2.59. The van der Waals surface area contributed by atoms with Crippen LogP contribution in [-0.4, -0.2) is 30.0 Å². The summed E-state index contributed by atoms with van der Waals surface area (Å²) < 4.78 is 7.66. The summed E-state index contributed by atoms with van der Waals surface area (Å²) in [4.78, 5) is 0. The van der Waals surface area contributed by atoms with E-state index in [9.17, 15) is 0 Å². The Bertz CT molecular complexity index is 820. The standard InChI is InChI=1S/C20H21N3O/c1-24-19-10-6-5-9-17(19)18-14-22-23(16-7-3-2-4-8-16)20(18)15-11-12-21-13-15/h2-10,14-15,21H,11-13H2,1H3. The van der Waals surface area contributed by atoms with Crippen LogP contribution in [0.25, 0.3) is 16.8 Å². The van der Waals surface area contributed by atoms with E-state index in [0.717, 1.165) is 42.1 Å². The van der Waals surface area contributed by atoms with Gasteiger partial charge in [0, 0.05) is 23.6 Å². The zero-order valence-electron chi connectivity index (χ0n) is 13.8. The first-order valence-corrected chi connectivity index (χ1v) is 8.36. The lowest BCUT2D eigenvalue weighted by molar-refractivity contribution is 0.416. The summed E-state index contributed by atoms with van der Waals surface area (Å²) in [6.45, 7) is 2.04. The van der Waals surface area contributed by atoms with Gasteiger partial charge in [-0.15, -0.1) is 0 Å². The monoisotopic (exact) mass is 319 g/mol. The zero-order valence-corrected chi connectivity index (χ0v) is 13.8. The molecule has 1 aliphatic rings. The molecule has 4 rings (SSSR count). The van der Waals surface area contributed by atoms with Crippen molar-refractivity contribution < 1.29 is 4.74 Å².